The molecule has 0 aliphatic heterocycles. The predicted octanol–water partition coefficient (Wildman–Crippen LogP) is 5.19. The van der Waals surface area contributed by atoms with Crippen molar-refractivity contribution in [3.63, 3.8) is 0 Å². The van der Waals surface area contributed by atoms with Crippen LogP contribution < -0.4 is 16.4 Å². The third-order valence-electron chi connectivity index (χ3n) is 5.06. The summed E-state index contributed by atoms with van der Waals surface area (Å²) in [4.78, 5) is 29.7. The number of carbonyl (C=O) groups is 2. The van der Waals surface area contributed by atoms with E-state index < -0.39 is 5.91 Å². The Labute approximate surface area is 201 Å². The lowest BCUT2D eigenvalue weighted by atomic mass is 9.98. The fourth-order valence-electron chi connectivity index (χ4n) is 3.39. The number of para-hydroxylation sites is 1. The van der Waals surface area contributed by atoms with Crippen molar-refractivity contribution in [3.8, 4) is 11.1 Å². The van der Waals surface area contributed by atoms with Crippen LogP contribution in [0.1, 0.15) is 26.3 Å². The number of halogens is 1. The highest BCUT2D eigenvalue weighted by atomic mass is 35.5. The molecule has 0 radical (unpaired) electrons. The molecule has 4 aromatic rings. The number of aromatic nitrogens is 1. The highest BCUT2D eigenvalue weighted by molar-refractivity contribution is 6.30. The highest BCUT2D eigenvalue weighted by Gasteiger charge is 2.15. The lowest BCUT2D eigenvalue weighted by molar-refractivity contribution is 0.102. The van der Waals surface area contributed by atoms with Gasteiger partial charge in [0.1, 0.15) is 11.7 Å². The van der Waals surface area contributed by atoms with Gasteiger partial charge < -0.3 is 16.4 Å². The summed E-state index contributed by atoms with van der Waals surface area (Å²) in [5, 5.41) is 13.7. The molecule has 0 aliphatic rings. The van der Waals surface area contributed by atoms with Crippen LogP contribution in [0.5, 0.6) is 0 Å². The molecule has 0 unspecified atom stereocenters. The Hall–Kier alpha value is -4.49. The lowest BCUT2D eigenvalue weighted by Crippen LogP contribution is -2.18. The van der Waals surface area contributed by atoms with Gasteiger partial charge in [-0.1, -0.05) is 60.1 Å². The van der Waals surface area contributed by atoms with Crippen LogP contribution in [-0.4, -0.2) is 22.6 Å². The summed E-state index contributed by atoms with van der Waals surface area (Å²) in [5.74, 6) is -0.462. The molecule has 5 N–H and O–H groups in total. The van der Waals surface area contributed by atoms with Crippen LogP contribution >= 0.6 is 11.6 Å². The Morgan fingerprint density at radius 2 is 1.47 bits per heavy atom. The Morgan fingerprint density at radius 1 is 0.794 bits per heavy atom. The average Bonchev–Trinajstić information content (AvgIpc) is 2.85. The molecule has 1 heterocycles. The van der Waals surface area contributed by atoms with Crippen LogP contribution in [0.4, 0.5) is 11.5 Å². The van der Waals surface area contributed by atoms with E-state index in [1.54, 1.807) is 66.7 Å². The zero-order chi connectivity index (χ0) is 24.1. The average molecular weight is 470 g/mol. The van der Waals surface area contributed by atoms with Crippen LogP contribution in [0.25, 0.3) is 11.1 Å². The number of nitrogen functional groups attached to an aromatic ring is 1. The molecule has 3 aromatic carbocycles. The molecule has 4 rings (SSSR count). The molecule has 1 aromatic heterocycles. The Balaban J connectivity index is 1.52. The van der Waals surface area contributed by atoms with Crippen molar-refractivity contribution in [2.24, 2.45) is 5.73 Å². The number of benzene rings is 3. The number of nitrogens with one attached hydrogen (secondary N) is 3. The highest BCUT2D eigenvalue weighted by Crippen LogP contribution is 2.24. The number of nitrogens with zero attached hydrogens (tertiary/aromatic N) is 1. The predicted molar refractivity (Wildman–Crippen MR) is 134 cm³/mol. The van der Waals surface area contributed by atoms with E-state index in [1.807, 2.05) is 18.2 Å². The van der Waals surface area contributed by atoms with E-state index in [0.29, 0.717) is 33.2 Å². The van der Waals surface area contributed by atoms with Gasteiger partial charge in [-0.25, -0.2) is 4.98 Å². The number of hydrogen-bond acceptors (Lipinski definition) is 4. The number of pyridine rings is 1. The minimum Gasteiger partial charge on any atom is -0.384 e. The summed E-state index contributed by atoms with van der Waals surface area (Å²) in [5.41, 5.74) is 9.02. The number of nitrogens with two attached hydrogens (primary N) is 1. The zero-order valence-corrected chi connectivity index (χ0v) is 18.6. The topological polar surface area (TPSA) is 121 Å². The molecule has 0 fully saturated rings. The minimum absolute atomic E-state index is 0.0268. The maximum atomic E-state index is 12.9. The second-order valence-corrected chi connectivity index (χ2v) is 7.79. The first-order chi connectivity index (χ1) is 16.4. The second kappa shape index (κ2) is 9.97. The van der Waals surface area contributed by atoms with Crippen molar-refractivity contribution in [3.05, 3.63) is 113 Å². The van der Waals surface area contributed by atoms with Gasteiger partial charge in [0, 0.05) is 17.3 Å². The van der Waals surface area contributed by atoms with Gasteiger partial charge in [0.05, 0.1) is 16.3 Å². The van der Waals surface area contributed by atoms with E-state index in [9.17, 15) is 9.59 Å². The van der Waals surface area contributed by atoms with E-state index in [1.165, 1.54) is 6.20 Å². The van der Waals surface area contributed by atoms with Gasteiger partial charge in [-0.15, -0.1) is 0 Å². The molecule has 168 valence electrons. The molecule has 7 nitrogen and oxygen atoms in total. The Bertz CT molecular complexity index is 1370. The van der Waals surface area contributed by atoms with E-state index in [2.05, 4.69) is 15.6 Å². The fourth-order valence-corrected chi connectivity index (χ4v) is 3.50. The Kier molecular flexibility index (Phi) is 6.66. The van der Waals surface area contributed by atoms with E-state index in [-0.39, 0.29) is 11.7 Å². The summed E-state index contributed by atoms with van der Waals surface area (Å²) in [6.45, 7) is 0. The molecular weight excluding hydrogens is 450 g/mol. The first-order valence-corrected chi connectivity index (χ1v) is 10.7. The van der Waals surface area contributed by atoms with E-state index >= 15 is 0 Å². The van der Waals surface area contributed by atoms with E-state index in [0.717, 1.165) is 11.1 Å². The molecule has 0 spiro atoms. The third kappa shape index (κ3) is 5.11. The molecule has 0 bridgehead atoms. The molecule has 0 saturated heterocycles. The minimum atomic E-state index is -0.415. The van der Waals surface area contributed by atoms with Crippen LogP contribution in [0.15, 0.2) is 91.1 Å². The van der Waals surface area contributed by atoms with Crippen LogP contribution in [0, 0.1) is 5.41 Å². The normalized spacial score (nSPS) is 10.4. The van der Waals surface area contributed by atoms with Crippen LogP contribution in [0.3, 0.4) is 0 Å². The molecule has 34 heavy (non-hydrogen) atoms. The van der Waals surface area contributed by atoms with Crippen LogP contribution in [-0.2, 0) is 0 Å². The van der Waals surface area contributed by atoms with Crippen molar-refractivity contribution in [2.75, 3.05) is 10.6 Å². The fraction of sp³-hybridized carbons (Fsp3) is 0. The van der Waals surface area contributed by atoms with Crippen molar-refractivity contribution >= 4 is 40.8 Å². The van der Waals surface area contributed by atoms with Crippen molar-refractivity contribution < 1.29 is 9.59 Å². The first-order valence-electron chi connectivity index (χ1n) is 10.3. The smallest absolute Gasteiger partial charge is 0.258 e. The standard InChI is InChI=1S/C26H20ClN5O2/c27-18-13-14-23(30-15-18)32-26(34)21-7-3-4-8-22(21)31-25(33)17-11-9-16(10-12-17)19-5-1-2-6-20(19)24(28)29/h1-15H,(H3,28,29)(H,31,33)(H,30,32,34). The molecule has 0 aliphatic carbocycles. The first kappa shape index (κ1) is 22.7. The SMILES string of the molecule is N=C(N)c1ccccc1-c1ccc(C(=O)Nc2ccccc2C(=O)Nc2ccc(Cl)cn2)cc1. The third-order valence-corrected chi connectivity index (χ3v) is 5.29. The van der Waals surface area contributed by atoms with Crippen molar-refractivity contribution in [2.45, 2.75) is 0 Å². The number of anilines is 2. The lowest BCUT2D eigenvalue weighted by Gasteiger charge is -2.12. The molecule has 2 amide bonds. The van der Waals surface area contributed by atoms with Gasteiger partial charge >= 0.3 is 0 Å². The Morgan fingerprint density at radius 3 is 2.15 bits per heavy atom. The summed E-state index contributed by atoms with van der Waals surface area (Å²) in [6, 6.07) is 24.2. The van der Waals surface area contributed by atoms with Gasteiger partial charge in [-0.05, 0) is 47.5 Å². The summed E-state index contributed by atoms with van der Waals surface area (Å²) >= 11 is 5.83. The summed E-state index contributed by atoms with van der Waals surface area (Å²) in [7, 11) is 0. The van der Waals surface area contributed by atoms with Gasteiger partial charge in [0.25, 0.3) is 11.8 Å². The van der Waals surface area contributed by atoms with Crippen molar-refractivity contribution in [1.29, 1.82) is 5.41 Å². The molecule has 0 atom stereocenters. The molecular formula is C26H20ClN5O2. The zero-order valence-electron chi connectivity index (χ0n) is 17.9. The molecule has 8 heteroatoms. The number of amidine groups is 1. The maximum Gasteiger partial charge on any atom is 0.258 e. The second-order valence-electron chi connectivity index (χ2n) is 7.35. The van der Waals surface area contributed by atoms with Gasteiger partial charge in [0.15, 0.2) is 0 Å². The number of hydrogen-bond donors (Lipinski definition) is 4. The van der Waals surface area contributed by atoms with Crippen LogP contribution in [0.2, 0.25) is 5.02 Å². The molecule has 0 saturated carbocycles. The van der Waals surface area contributed by atoms with Crippen molar-refractivity contribution in [1.82, 2.24) is 4.98 Å². The maximum absolute atomic E-state index is 12.9. The van der Waals surface area contributed by atoms with E-state index in [4.69, 9.17) is 22.7 Å². The number of carbonyl (C=O) groups excluding carboxylic acids is 2. The number of rotatable bonds is 6. The largest absolute Gasteiger partial charge is 0.384 e. The summed E-state index contributed by atoms with van der Waals surface area (Å²) in [6.07, 6.45) is 1.43. The number of amides is 2. The monoisotopic (exact) mass is 469 g/mol. The summed E-state index contributed by atoms with van der Waals surface area (Å²) < 4.78 is 0. The quantitative estimate of drug-likeness (QED) is 0.229. The van der Waals surface area contributed by atoms with Gasteiger partial charge in [-0.2, -0.15) is 0 Å². The van der Waals surface area contributed by atoms with Gasteiger partial charge in [0.2, 0.25) is 0 Å². The van der Waals surface area contributed by atoms with Gasteiger partial charge in [-0.3, -0.25) is 15.0 Å².